The van der Waals surface area contributed by atoms with Crippen LogP contribution in [0.2, 0.25) is 0 Å². The molecule has 1 atom stereocenters. The van der Waals surface area contributed by atoms with Gasteiger partial charge >= 0.3 is 0 Å². The van der Waals surface area contributed by atoms with Crippen LogP contribution in [-0.4, -0.2) is 51.2 Å². The van der Waals surface area contributed by atoms with E-state index < -0.39 is 22.0 Å². The Bertz CT molecular complexity index is 989. The van der Waals surface area contributed by atoms with Crippen molar-refractivity contribution in [1.29, 1.82) is 0 Å². The Kier molecular flexibility index (Phi) is 5.48. The molecule has 0 unspecified atom stereocenters. The van der Waals surface area contributed by atoms with E-state index in [4.69, 9.17) is 0 Å². The minimum atomic E-state index is -3.57. The van der Waals surface area contributed by atoms with Gasteiger partial charge in [-0.1, -0.05) is 0 Å². The summed E-state index contributed by atoms with van der Waals surface area (Å²) in [5.74, 6) is -0.947. The van der Waals surface area contributed by atoms with Gasteiger partial charge < -0.3 is 10.2 Å². The van der Waals surface area contributed by atoms with Gasteiger partial charge in [-0.3, -0.25) is 9.59 Å². The van der Waals surface area contributed by atoms with Crippen LogP contribution in [0.15, 0.2) is 53.4 Å². The van der Waals surface area contributed by atoms with Crippen LogP contribution in [0.5, 0.6) is 0 Å². The lowest BCUT2D eigenvalue weighted by Gasteiger charge is -2.17. The molecule has 1 aliphatic rings. The van der Waals surface area contributed by atoms with E-state index in [1.54, 1.807) is 0 Å². The number of nitrogens with one attached hydrogen (secondary N) is 1. The molecule has 9 heteroatoms. The second kappa shape index (κ2) is 7.69. The summed E-state index contributed by atoms with van der Waals surface area (Å²) in [6, 6.07) is 10.8. The summed E-state index contributed by atoms with van der Waals surface area (Å²) in [6.45, 7) is 0.281. The number of rotatable bonds is 5. The molecule has 1 heterocycles. The molecule has 0 aliphatic carbocycles. The third-order valence-electron chi connectivity index (χ3n) is 4.49. The predicted octanol–water partition coefficient (Wildman–Crippen LogP) is 1.61. The summed E-state index contributed by atoms with van der Waals surface area (Å²) < 4.78 is 38.3. The van der Waals surface area contributed by atoms with E-state index >= 15 is 0 Å². The van der Waals surface area contributed by atoms with Gasteiger partial charge in [0, 0.05) is 38.3 Å². The fourth-order valence-corrected chi connectivity index (χ4v) is 3.83. The van der Waals surface area contributed by atoms with Gasteiger partial charge in [-0.15, -0.1) is 0 Å². The molecule has 0 spiro atoms. The topological polar surface area (TPSA) is 86.8 Å². The molecule has 0 bridgehead atoms. The number of hydrogen-bond donors (Lipinski definition) is 1. The SMILES string of the molecule is CN(C)S(=O)(=O)c1ccc(C(=O)N[C@@H]2CC(=O)N(c3ccc(F)cc3)C2)cc1. The molecule has 2 aromatic rings. The summed E-state index contributed by atoms with van der Waals surface area (Å²) >= 11 is 0. The smallest absolute Gasteiger partial charge is 0.251 e. The average molecular weight is 405 g/mol. The number of carbonyl (C=O) groups is 2. The third kappa shape index (κ3) is 4.05. The molecule has 1 aliphatic heterocycles. The Morgan fingerprint density at radius 3 is 2.29 bits per heavy atom. The third-order valence-corrected chi connectivity index (χ3v) is 6.32. The molecule has 1 saturated heterocycles. The number of anilines is 1. The van der Waals surface area contributed by atoms with E-state index in [0.29, 0.717) is 11.3 Å². The molecule has 0 aromatic heterocycles. The first-order chi connectivity index (χ1) is 13.2. The van der Waals surface area contributed by atoms with Crippen LogP contribution in [0.4, 0.5) is 10.1 Å². The summed E-state index contributed by atoms with van der Waals surface area (Å²) in [6.07, 6.45) is 0.135. The van der Waals surface area contributed by atoms with E-state index in [1.807, 2.05) is 0 Å². The maximum absolute atomic E-state index is 13.1. The lowest BCUT2D eigenvalue weighted by molar-refractivity contribution is -0.117. The van der Waals surface area contributed by atoms with Crippen LogP contribution in [-0.2, 0) is 14.8 Å². The molecule has 1 fully saturated rings. The first-order valence-corrected chi connectivity index (χ1v) is 10.0. The molecule has 0 saturated carbocycles. The van der Waals surface area contributed by atoms with E-state index in [0.717, 1.165) is 4.31 Å². The maximum Gasteiger partial charge on any atom is 0.251 e. The van der Waals surface area contributed by atoms with Gasteiger partial charge in [0.05, 0.1) is 10.9 Å². The van der Waals surface area contributed by atoms with Gasteiger partial charge in [0.15, 0.2) is 0 Å². The molecule has 3 rings (SSSR count). The van der Waals surface area contributed by atoms with E-state index in [1.165, 1.54) is 67.5 Å². The van der Waals surface area contributed by atoms with Gasteiger partial charge in [0.25, 0.3) is 5.91 Å². The van der Waals surface area contributed by atoms with Crippen molar-refractivity contribution in [2.24, 2.45) is 0 Å². The number of halogens is 1. The monoisotopic (exact) mass is 405 g/mol. The molecule has 148 valence electrons. The second-order valence-electron chi connectivity index (χ2n) is 6.67. The highest BCUT2D eigenvalue weighted by molar-refractivity contribution is 7.89. The quantitative estimate of drug-likeness (QED) is 0.819. The zero-order valence-corrected chi connectivity index (χ0v) is 16.2. The van der Waals surface area contributed by atoms with Crippen LogP contribution >= 0.6 is 0 Å². The summed E-state index contributed by atoms with van der Waals surface area (Å²) in [7, 11) is -0.705. The number of carbonyl (C=O) groups excluding carboxylic acids is 2. The van der Waals surface area contributed by atoms with Crippen molar-refractivity contribution in [2.75, 3.05) is 25.5 Å². The molecular formula is C19H20FN3O4S. The average Bonchev–Trinajstić information content (AvgIpc) is 3.02. The zero-order valence-electron chi connectivity index (χ0n) is 15.4. The van der Waals surface area contributed by atoms with E-state index in [-0.39, 0.29) is 29.6 Å². The normalized spacial score (nSPS) is 17.2. The van der Waals surface area contributed by atoms with E-state index in [9.17, 15) is 22.4 Å². The van der Waals surface area contributed by atoms with Crippen LogP contribution in [0, 0.1) is 5.82 Å². The van der Waals surface area contributed by atoms with Crippen molar-refractivity contribution in [2.45, 2.75) is 17.4 Å². The minimum absolute atomic E-state index is 0.0904. The summed E-state index contributed by atoms with van der Waals surface area (Å²) in [5.41, 5.74) is 0.867. The van der Waals surface area contributed by atoms with Crippen molar-refractivity contribution in [3.63, 3.8) is 0 Å². The first kappa shape index (κ1) is 20.0. The largest absolute Gasteiger partial charge is 0.347 e. The molecule has 2 amide bonds. The number of sulfonamides is 1. The Hall–Kier alpha value is -2.78. The van der Waals surface area contributed by atoms with Crippen LogP contribution in [0.25, 0.3) is 0 Å². The Morgan fingerprint density at radius 1 is 1.11 bits per heavy atom. The van der Waals surface area contributed by atoms with Gasteiger partial charge in [0.1, 0.15) is 5.82 Å². The molecule has 2 aromatic carbocycles. The summed E-state index contributed by atoms with van der Waals surface area (Å²) in [4.78, 5) is 26.2. The van der Waals surface area contributed by atoms with Gasteiger partial charge in [0.2, 0.25) is 15.9 Å². The van der Waals surface area contributed by atoms with Crippen molar-refractivity contribution >= 4 is 27.5 Å². The molecule has 7 nitrogen and oxygen atoms in total. The Morgan fingerprint density at radius 2 is 1.71 bits per heavy atom. The molecule has 0 radical (unpaired) electrons. The Balaban J connectivity index is 1.67. The number of hydrogen-bond acceptors (Lipinski definition) is 4. The Labute approximate surface area is 162 Å². The first-order valence-electron chi connectivity index (χ1n) is 8.58. The lowest BCUT2D eigenvalue weighted by atomic mass is 10.2. The number of benzene rings is 2. The fraction of sp³-hybridized carbons (Fsp3) is 0.263. The predicted molar refractivity (Wildman–Crippen MR) is 102 cm³/mol. The molecule has 28 heavy (non-hydrogen) atoms. The van der Waals surface area contributed by atoms with Crippen molar-refractivity contribution in [3.8, 4) is 0 Å². The standard InChI is InChI=1S/C19H20FN3O4S/c1-22(2)28(26,27)17-9-3-13(4-10-17)19(25)21-15-11-18(24)23(12-15)16-7-5-14(20)6-8-16/h3-10,15H,11-12H2,1-2H3,(H,21,25)/t15-/m1/s1. The van der Waals surface area contributed by atoms with Crippen molar-refractivity contribution < 1.29 is 22.4 Å². The van der Waals surface area contributed by atoms with E-state index in [2.05, 4.69) is 5.32 Å². The van der Waals surface area contributed by atoms with Gasteiger partial charge in [-0.25, -0.2) is 17.1 Å². The van der Waals surface area contributed by atoms with Crippen molar-refractivity contribution in [3.05, 3.63) is 59.9 Å². The fourth-order valence-electron chi connectivity index (χ4n) is 2.93. The highest BCUT2D eigenvalue weighted by Gasteiger charge is 2.31. The second-order valence-corrected chi connectivity index (χ2v) is 8.82. The van der Waals surface area contributed by atoms with Crippen LogP contribution in [0.3, 0.4) is 0 Å². The van der Waals surface area contributed by atoms with Crippen molar-refractivity contribution in [1.82, 2.24) is 9.62 Å². The van der Waals surface area contributed by atoms with Gasteiger partial charge in [-0.05, 0) is 48.5 Å². The van der Waals surface area contributed by atoms with Crippen LogP contribution < -0.4 is 10.2 Å². The number of amides is 2. The highest BCUT2D eigenvalue weighted by Crippen LogP contribution is 2.22. The van der Waals surface area contributed by atoms with Crippen LogP contribution in [0.1, 0.15) is 16.8 Å². The highest BCUT2D eigenvalue weighted by atomic mass is 32.2. The minimum Gasteiger partial charge on any atom is -0.347 e. The number of nitrogens with zero attached hydrogens (tertiary/aromatic N) is 2. The zero-order chi connectivity index (χ0) is 20.5. The molecular weight excluding hydrogens is 385 g/mol. The summed E-state index contributed by atoms with van der Waals surface area (Å²) in [5, 5.41) is 2.78. The maximum atomic E-state index is 13.1. The van der Waals surface area contributed by atoms with Gasteiger partial charge in [-0.2, -0.15) is 0 Å². The lowest BCUT2D eigenvalue weighted by Crippen LogP contribution is -2.37. The molecule has 1 N–H and O–H groups in total.